The van der Waals surface area contributed by atoms with Crippen LogP contribution in [0.5, 0.6) is 0 Å². The molecular weight excluding hydrogens is 216 g/mol. The summed E-state index contributed by atoms with van der Waals surface area (Å²) in [5.41, 5.74) is 2.85. The van der Waals surface area contributed by atoms with Gasteiger partial charge in [0.15, 0.2) is 11.5 Å². The van der Waals surface area contributed by atoms with Gasteiger partial charge in [-0.05, 0) is 31.0 Å². The second-order valence-electron chi connectivity index (χ2n) is 4.24. The molecule has 1 N–H and O–H groups in total. The molecule has 17 heavy (non-hydrogen) atoms. The number of aromatic nitrogens is 1. The van der Waals surface area contributed by atoms with E-state index in [2.05, 4.69) is 9.88 Å². The van der Waals surface area contributed by atoms with Gasteiger partial charge in [0.25, 0.3) is 0 Å². The third kappa shape index (κ3) is 2.77. The van der Waals surface area contributed by atoms with Crippen LogP contribution in [0.25, 0.3) is 11.1 Å². The van der Waals surface area contributed by atoms with E-state index >= 15 is 0 Å². The maximum Gasteiger partial charge on any atom is 0.192 e. The number of hydrogen-bond acceptors (Lipinski definition) is 4. The van der Waals surface area contributed by atoms with Gasteiger partial charge >= 0.3 is 0 Å². The Bertz CT molecular complexity index is 493. The summed E-state index contributed by atoms with van der Waals surface area (Å²) < 4.78 is 5.44. The summed E-state index contributed by atoms with van der Waals surface area (Å²) in [4.78, 5) is 6.49. The summed E-state index contributed by atoms with van der Waals surface area (Å²) in [5, 5.41) is 8.75. The van der Waals surface area contributed by atoms with Gasteiger partial charge < -0.3 is 14.4 Å². The zero-order chi connectivity index (χ0) is 12.3. The Labute approximate surface area is 101 Å². The Morgan fingerprint density at radius 2 is 2.18 bits per heavy atom. The number of benzene rings is 1. The second-order valence-corrected chi connectivity index (χ2v) is 4.24. The van der Waals surface area contributed by atoms with Crippen molar-refractivity contribution in [2.45, 2.75) is 19.8 Å². The Morgan fingerprint density at radius 3 is 2.94 bits per heavy atom. The lowest BCUT2D eigenvalue weighted by Gasteiger charge is -2.18. The van der Waals surface area contributed by atoms with Gasteiger partial charge in [-0.3, -0.25) is 0 Å². The molecule has 0 saturated carbocycles. The van der Waals surface area contributed by atoms with E-state index in [1.54, 1.807) is 0 Å². The van der Waals surface area contributed by atoms with Crippen LogP contribution in [0.2, 0.25) is 0 Å². The lowest BCUT2D eigenvalue weighted by atomic mass is 10.2. The molecule has 0 spiro atoms. The van der Waals surface area contributed by atoms with E-state index in [9.17, 15) is 0 Å². The smallest absolute Gasteiger partial charge is 0.192 e. The Morgan fingerprint density at radius 1 is 1.35 bits per heavy atom. The summed E-state index contributed by atoms with van der Waals surface area (Å²) in [7, 11) is 2.05. The first-order valence-electron chi connectivity index (χ1n) is 5.90. The van der Waals surface area contributed by atoms with Crippen molar-refractivity contribution in [1.29, 1.82) is 0 Å². The summed E-state index contributed by atoms with van der Waals surface area (Å²) in [6, 6.07) is 6.02. The largest absolute Gasteiger partial charge is 0.441 e. The van der Waals surface area contributed by atoms with Crippen LogP contribution in [0, 0.1) is 6.92 Å². The molecule has 0 aliphatic carbocycles. The van der Waals surface area contributed by atoms with Gasteiger partial charge in [0.2, 0.25) is 0 Å². The minimum absolute atomic E-state index is 0.259. The van der Waals surface area contributed by atoms with Gasteiger partial charge in [0, 0.05) is 32.8 Å². The predicted molar refractivity (Wildman–Crippen MR) is 68.3 cm³/mol. The zero-order valence-electron chi connectivity index (χ0n) is 10.3. The van der Waals surface area contributed by atoms with Crippen LogP contribution in [-0.4, -0.2) is 30.3 Å². The molecule has 0 bridgehead atoms. The van der Waals surface area contributed by atoms with Gasteiger partial charge in [0.05, 0.1) is 0 Å². The topological polar surface area (TPSA) is 49.5 Å². The molecule has 0 atom stereocenters. The van der Waals surface area contributed by atoms with E-state index in [1.807, 2.05) is 32.2 Å². The number of aliphatic hydroxyl groups excluding tert-OH is 1. The number of aryl methyl sites for hydroxylation is 1. The maximum absolute atomic E-state index is 8.75. The number of anilines is 1. The highest BCUT2D eigenvalue weighted by atomic mass is 16.3. The fourth-order valence-electron chi connectivity index (χ4n) is 1.86. The molecule has 92 valence electrons. The number of oxazole rings is 1. The average molecular weight is 234 g/mol. The maximum atomic E-state index is 8.75. The lowest BCUT2D eigenvalue weighted by Crippen LogP contribution is -2.18. The molecule has 0 fully saturated rings. The molecule has 0 unspecified atom stereocenters. The number of hydrogen-bond donors (Lipinski definition) is 1. The van der Waals surface area contributed by atoms with Crippen LogP contribution in [-0.2, 0) is 0 Å². The summed E-state index contributed by atoms with van der Waals surface area (Å²) in [6.07, 6.45) is 1.83. The molecule has 0 aliphatic rings. The Kier molecular flexibility index (Phi) is 3.64. The lowest BCUT2D eigenvalue weighted by molar-refractivity contribution is 0.285. The van der Waals surface area contributed by atoms with Crippen molar-refractivity contribution >= 4 is 16.8 Å². The molecule has 1 aromatic carbocycles. The Hall–Kier alpha value is -1.55. The Balaban J connectivity index is 2.12. The first kappa shape index (κ1) is 11.9. The highest BCUT2D eigenvalue weighted by Gasteiger charge is 2.06. The van der Waals surface area contributed by atoms with Crippen LogP contribution < -0.4 is 4.90 Å². The van der Waals surface area contributed by atoms with Crippen molar-refractivity contribution in [3.05, 3.63) is 24.1 Å². The standard InChI is InChI=1S/C13H18N2O2/c1-10-14-12-9-11(5-6-13(12)17-10)15(2)7-3-4-8-16/h5-6,9,16H,3-4,7-8H2,1-2H3. The van der Waals surface area contributed by atoms with E-state index in [4.69, 9.17) is 9.52 Å². The fraction of sp³-hybridized carbons (Fsp3) is 0.462. The van der Waals surface area contributed by atoms with Gasteiger partial charge in [-0.1, -0.05) is 0 Å². The van der Waals surface area contributed by atoms with Crippen LogP contribution >= 0.6 is 0 Å². The molecule has 1 aromatic heterocycles. The number of unbranched alkanes of at least 4 members (excludes halogenated alkanes) is 1. The minimum Gasteiger partial charge on any atom is -0.441 e. The number of fused-ring (bicyclic) bond motifs is 1. The van der Waals surface area contributed by atoms with Crippen LogP contribution in [0.4, 0.5) is 5.69 Å². The van der Waals surface area contributed by atoms with Gasteiger partial charge in [-0.15, -0.1) is 0 Å². The zero-order valence-corrected chi connectivity index (χ0v) is 10.3. The van der Waals surface area contributed by atoms with Crippen LogP contribution in [0.3, 0.4) is 0 Å². The number of nitrogens with zero attached hydrogens (tertiary/aromatic N) is 2. The van der Waals surface area contributed by atoms with Crippen molar-refractivity contribution in [3.63, 3.8) is 0 Å². The SMILES string of the molecule is Cc1nc2cc(N(C)CCCCO)ccc2o1. The summed E-state index contributed by atoms with van der Waals surface area (Å²) >= 11 is 0. The van der Waals surface area contributed by atoms with Crippen LogP contribution in [0.1, 0.15) is 18.7 Å². The summed E-state index contributed by atoms with van der Waals surface area (Å²) in [5.74, 6) is 0.695. The van der Waals surface area contributed by atoms with Gasteiger partial charge in [-0.2, -0.15) is 0 Å². The molecule has 4 nitrogen and oxygen atoms in total. The number of aliphatic hydroxyl groups is 1. The van der Waals surface area contributed by atoms with E-state index in [0.717, 1.165) is 36.2 Å². The van der Waals surface area contributed by atoms with E-state index in [0.29, 0.717) is 5.89 Å². The van der Waals surface area contributed by atoms with Gasteiger partial charge in [-0.25, -0.2) is 4.98 Å². The number of rotatable bonds is 5. The van der Waals surface area contributed by atoms with E-state index < -0.39 is 0 Å². The minimum atomic E-state index is 0.259. The van der Waals surface area contributed by atoms with Crippen LogP contribution in [0.15, 0.2) is 22.6 Å². The molecule has 0 radical (unpaired) electrons. The molecular formula is C13H18N2O2. The predicted octanol–water partition coefficient (Wildman–Crippen LogP) is 2.34. The van der Waals surface area contributed by atoms with Crippen molar-refractivity contribution in [2.24, 2.45) is 0 Å². The molecule has 2 aromatic rings. The molecule has 0 aliphatic heterocycles. The first-order chi connectivity index (χ1) is 8.20. The molecule has 0 saturated heterocycles. The first-order valence-corrected chi connectivity index (χ1v) is 5.90. The monoisotopic (exact) mass is 234 g/mol. The average Bonchev–Trinajstić information content (AvgIpc) is 2.68. The van der Waals surface area contributed by atoms with Crippen molar-refractivity contribution in [3.8, 4) is 0 Å². The third-order valence-electron chi connectivity index (χ3n) is 2.82. The molecule has 1 heterocycles. The molecule has 2 rings (SSSR count). The normalized spacial score (nSPS) is 11.0. The van der Waals surface area contributed by atoms with Crippen molar-refractivity contribution in [1.82, 2.24) is 4.98 Å². The van der Waals surface area contributed by atoms with Crippen molar-refractivity contribution < 1.29 is 9.52 Å². The highest BCUT2D eigenvalue weighted by molar-refractivity contribution is 5.77. The highest BCUT2D eigenvalue weighted by Crippen LogP contribution is 2.21. The molecule has 4 heteroatoms. The van der Waals surface area contributed by atoms with E-state index in [1.165, 1.54) is 0 Å². The van der Waals surface area contributed by atoms with Crippen molar-refractivity contribution in [2.75, 3.05) is 25.1 Å². The quantitative estimate of drug-likeness (QED) is 0.807. The fourth-order valence-corrected chi connectivity index (χ4v) is 1.86. The summed E-state index contributed by atoms with van der Waals surface area (Å²) in [6.45, 7) is 3.04. The third-order valence-corrected chi connectivity index (χ3v) is 2.82. The van der Waals surface area contributed by atoms with Gasteiger partial charge in [0.1, 0.15) is 5.52 Å². The molecule has 0 amide bonds. The van der Waals surface area contributed by atoms with E-state index in [-0.39, 0.29) is 6.61 Å². The second kappa shape index (κ2) is 5.19.